The van der Waals surface area contributed by atoms with Crippen LogP contribution in [-0.2, 0) is 23.8 Å². The molecule has 0 aliphatic rings. The molecule has 60 heavy (non-hydrogen) atoms. The van der Waals surface area contributed by atoms with E-state index >= 15 is 0 Å². The van der Waals surface area contributed by atoms with Crippen molar-refractivity contribution in [2.45, 2.75) is 297 Å². The van der Waals surface area contributed by atoms with Gasteiger partial charge in [-0.05, 0) is 51.4 Å². The van der Waals surface area contributed by atoms with Crippen molar-refractivity contribution in [1.29, 1.82) is 0 Å². The van der Waals surface area contributed by atoms with E-state index in [2.05, 4.69) is 45.1 Å². The molecule has 1 unspecified atom stereocenters. The zero-order chi connectivity index (χ0) is 43.5. The SMILES string of the molecule is CCCCC/C=C\C/C=C\CCCCCCCCCCCCOCC(COC(=O)CCCCCCCCCCCCCCCCC)OC(=O)CCCCCCCCCCC. The Bertz CT molecular complexity index is 913. The molecule has 0 rings (SSSR count). The molecule has 0 spiro atoms. The fourth-order valence-electron chi connectivity index (χ4n) is 7.95. The topological polar surface area (TPSA) is 61.8 Å². The summed E-state index contributed by atoms with van der Waals surface area (Å²) < 4.78 is 17.4. The maximum Gasteiger partial charge on any atom is 0.306 e. The van der Waals surface area contributed by atoms with Crippen LogP contribution in [0.3, 0.4) is 0 Å². The molecule has 0 amide bonds. The Morgan fingerprint density at radius 3 is 1.13 bits per heavy atom. The molecule has 0 saturated heterocycles. The Kier molecular flexibility index (Phi) is 50.3. The average Bonchev–Trinajstić information content (AvgIpc) is 3.25. The van der Waals surface area contributed by atoms with E-state index in [1.54, 1.807) is 0 Å². The number of allylic oxidation sites excluding steroid dienone is 4. The number of ether oxygens (including phenoxy) is 3. The van der Waals surface area contributed by atoms with Crippen molar-refractivity contribution in [3.8, 4) is 0 Å². The number of esters is 2. The highest BCUT2D eigenvalue weighted by Gasteiger charge is 2.17. The normalized spacial score (nSPS) is 12.2. The minimum atomic E-state index is -0.528. The number of carbonyl (C=O) groups excluding carboxylic acids is 2. The van der Waals surface area contributed by atoms with Gasteiger partial charge in [0.25, 0.3) is 0 Å². The van der Waals surface area contributed by atoms with E-state index in [0.29, 0.717) is 26.1 Å². The Morgan fingerprint density at radius 1 is 0.367 bits per heavy atom. The van der Waals surface area contributed by atoms with Crippen LogP contribution in [0.4, 0.5) is 0 Å². The fourth-order valence-corrected chi connectivity index (χ4v) is 7.95. The molecule has 0 aromatic rings. The summed E-state index contributed by atoms with van der Waals surface area (Å²) in [4.78, 5) is 25.3. The molecule has 5 heteroatoms. The molecule has 0 aromatic heterocycles. The van der Waals surface area contributed by atoms with Gasteiger partial charge in [0.2, 0.25) is 0 Å². The smallest absolute Gasteiger partial charge is 0.306 e. The first-order valence-electron chi connectivity index (χ1n) is 26.9. The van der Waals surface area contributed by atoms with Gasteiger partial charge in [-0.2, -0.15) is 0 Å². The lowest BCUT2D eigenvalue weighted by atomic mass is 10.0. The molecular formula is C55H104O5. The van der Waals surface area contributed by atoms with Gasteiger partial charge in [0.05, 0.1) is 6.61 Å². The van der Waals surface area contributed by atoms with E-state index in [4.69, 9.17) is 14.2 Å². The molecule has 5 nitrogen and oxygen atoms in total. The lowest BCUT2D eigenvalue weighted by Crippen LogP contribution is -2.30. The van der Waals surface area contributed by atoms with Crippen molar-refractivity contribution < 1.29 is 23.8 Å². The maximum absolute atomic E-state index is 12.7. The van der Waals surface area contributed by atoms with E-state index in [-0.39, 0.29) is 18.5 Å². The number of hydrogen-bond donors (Lipinski definition) is 0. The van der Waals surface area contributed by atoms with E-state index in [0.717, 1.165) is 44.9 Å². The van der Waals surface area contributed by atoms with Gasteiger partial charge >= 0.3 is 11.9 Å². The van der Waals surface area contributed by atoms with Gasteiger partial charge < -0.3 is 14.2 Å². The molecule has 0 radical (unpaired) electrons. The van der Waals surface area contributed by atoms with Crippen molar-refractivity contribution in [3.05, 3.63) is 24.3 Å². The highest BCUT2D eigenvalue weighted by Crippen LogP contribution is 2.16. The highest BCUT2D eigenvalue weighted by molar-refractivity contribution is 5.70. The fraction of sp³-hybridized carbons (Fsp3) is 0.891. The molecule has 0 fully saturated rings. The quantitative estimate of drug-likeness (QED) is 0.0347. The number of rotatable bonds is 50. The molecule has 354 valence electrons. The summed E-state index contributed by atoms with van der Waals surface area (Å²) in [6, 6.07) is 0. The third kappa shape index (κ3) is 49.0. The predicted octanol–water partition coefficient (Wildman–Crippen LogP) is 18.0. The third-order valence-corrected chi connectivity index (χ3v) is 12.0. The monoisotopic (exact) mass is 845 g/mol. The largest absolute Gasteiger partial charge is 0.462 e. The molecule has 0 heterocycles. The van der Waals surface area contributed by atoms with Gasteiger partial charge in [-0.3, -0.25) is 9.59 Å². The zero-order valence-electron chi connectivity index (χ0n) is 40.7. The first kappa shape index (κ1) is 58.4. The summed E-state index contributed by atoms with van der Waals surface area (Å²) in [5.74, 6) is -0.382. The highest BCUT2D eigenvalue weighted by atomic mass is 16.6. The Hall–Kier alpha value is -1.62. The molecule has 0 N–H and O–H groups in total. The molecule has 0 saturated carbocycles. The minimum Gasteiger partial charge on any atom is -0.462 e. The Balaban J connectivity index is 4.12. The van der Waals surface area contributed by atoms with Crippen LogP contribution in [0.5, 0.6) is 0 Å². The summed E-state index contributed by atoms with van der Waals surface area (Å²) in [6.45, 7) is 7.84. The van der Waals surface area contributed by atoms with Crippen LogP contribution in [0.25, 0.3) is 0 Å². The van der Waals surface area contributed by atoms with E-state index in [1.807, 2.05) is 0 Å². The molecule has 1 atom stereocenters. The Morgan fingerprint density at radius 2 is 0.700 bits per heavy atom. The van der Waals surface area contributed by atoms with Gasteiger partial charge in [-0.1, -0.05) is 251 Å². The second-order valence-corrected chi connectivity index (χ2v) is 18.1. The van der Waals surface area contributed by atoms with Gasteiger partial charge in [0.15, 0.2) is 6.10 Å². The second kappa shape index (κ2) is 51.7. The van der Waals surface area contributed by atoms with Crippen molar-refractivity contribution in [1.82, 2.24) is 0 Å². The molecule has 0 aromatic carbocycles. The van der Waals surface area contributed by atoms with Gasteiger partial charge in [-0.25, -0.2) is 0 Å². The average molecular weight is 845 g/mol. The Labute approximate surface area is 375 Å². The molecule has 0 aliphatic carbocycles. The van der Waals surface area contributed by atoms with Gasteiger partial charge in [0, 0.05) is 19.4 Å². The second-order valence-electron chi connectivity index (χ2n) is 18.1. The van der Waals surface area contributed by atoms with Crippen molar-refractivity contribution >= 4 is 11.9 Å². The lowest BCUT2D eigenvalue weighted by molar-refractivity contribution is -0.163. The van der Waals surface area contributed by atoms with Crippen LogP contribution in [0, 0.1) is 0 Å². The predicted molar refractivity (Wildman–Crippen MR) is 261 cm³/mol. The summed E-state index contributed by atoms with van der Waals surface area (Å²) in [6.07, 6.45) is 60.5. The van der Waals surface area contributed by atoms with E-state index < -0.39 is 6.10 Å². The molecule has 0 aliphatic heterocycles. The summed E-state index contributed by atoms with van der Waals surface area (Å²) >= 11 is 0. The van der Waals surface area contributed by atoms with Crippen molar-refractivity contribution in [3.63, 3.8) is 0 Å². The number of hydrogen-bond acceptors (Lipinski definition) is 5. The first-order valence-corrected chi connectivity index (χ1v) is 26.9. The molecule has 0 bridgehead atoms. The van der Waals surface area contributed by atoms with Crippen LogP contribution in [0.15, 0.2) is 24.3 Å². The number of unbranched alkanes of at least 4 members (excludes halogenated alkanes) is 35. The van der Waals surface area contributed by atoms with Crippen LogP contribution < -0.4 is 0 Å². The van der Waals surface area contributed by atoms with Crippen LogP contribution in [-0.4, -0.2) is 37.9 Å². The van der Waals surface area contributed by atoms with Crippen LogP contribution in [0.1, 0.15) is 290 Å². The number of carbonyl (C=O) groups is 2. The lowest BCUT2D eigenvalue weighted by Gasteiger charge is -2.18. The summed E-state index contributed by atoms with van der Waals surface area (Å²) in [5.41, 5.74) is 0. The summed E-state index contributed by atoms with van der Waals surface area (Å²) in [7, 11) is 0. The zero-order valence-corrected chi connectivity index (χ0v) is 40.7. The van der Waals surface area contributed by atoms with Crippen molar-refractivity contribution in [2.24, 2.45) is 0 Å². The summed E-state index contributed by atoms with van der Waals surface area (Å²) in [5, 5.41) is 0. The van der Waals surface area contributed by atoms with Crippen LogP contribution in [0.2, 0.25) is 0 Å². The van der Waals surface area contributed by atoms with E-state index in [9.17, 15) is 9.59 Å². The maximum atomic E-state index is 12.7. The third-order valence-electron chi connectivity index (χ3n) is 12.0. The standard InChI is InChI=1S/C55H104O5/c1-4-7-10-13-16-19-21-23-25-26-27-28-29-31-33-35-38-41-44-47-50-58-51-53(60-55(57)49-46-43-40-36-18-15-12-9-6-3)52-59-54(56)48-45-42-39-37-34-32-30-24-22-20-17-14-11-8-5-2/h16,19,23,25,53H,4-15,17-18,20-22,24,26-52H2,1-3H3/b19-16-,25-23-. The van der Waals surface area contributed by atoms with Gasteiger partial charge in [0.1, 0.15) is 6.61 Å². The van der Waals surface area contributed by atoms with Gasteiger partial charge in [-0.15, -0.1) is 0 Å². The first-order chi connectivity index (χ1) is 29.6. The molecular weight excluding hydrogens is 741 g/mol. The van der Waals surface area contributed by atoms with E-state index in [1.165, 1.54) is 212 Å². The van der Waals surface area contributed by atoms with Crippen molar-refractivity contribution in [2.75, 3.05) is 19.8 Å². The minimum absolute atomic E-state index is 0.0919. The van der Waals surface area contributed by atoms with Crippen LogP contribution >= 0.6 is 0 Å².